The van der Waals surface area contributed by atoms with Gasteiger partial charge in [-0.15, -0.1) is 0 Å². The topological polar surface area (TPSA) is 48.9 Å². The number of benzene rings is 2. The summed E-state index contributed by atoms with van der Waals surface area (Å²) < 4.78 is 5.18. The van der Waals surface area contributed by atoms with Crippen molar-refractivity contribution in [2.24, 2.45) is 7.05 Å². The van der Waals surface area contributed by atoms with Crippen molar-refractivity contribution < 1.29 is 0 Å². The van der Waals surface area contributed by atoms with Crippen LogP contribution in [-0.4, -0.2) is 13.7 Å². The maximum absolute atomic E-state index is 13.1. The maximum atomic E-state index is 13.1. The minimum atomic E-state index is -0.244. The molecule has 138 valence electrons. The molecule has 0 unspecified atom stereocenters. The summed E-state index contributed by atoms with van der Waals surface area (Å²) in [5.74, 6) is 0. The highest BCUT2D eigenvalue weighted by atomic mass is 16.2. The zero-order chi connectivity index (χ0) is 19.1. The number of fused-ring (bicyclic) bond motifs is 2. The molecule has 0 bridgehead atoms. The highest BCUT2D eigenvalue weighted by Gasteiger charge is 2.15. The summed E-state index contributed by atoms with van der Waals surface area (Å²) in [4.78, 5) is 25.9. The molecule has 0 amide bonds. The van der Waals surface area contributed by atoms with Gasteiger partial charge in [-0.1, -0.05) is 31.2 Å². The van der Waals surface area contributed by atoms with E-state index in [1.54, 1.807) is 10.6 Å². The fourth-order valence-electron chi connectivity index (χ4n) is 3.97. The average molecular weight is 361 g/mol. The molecule has 0 N–H and O–H groups in total. The zero-order valence-corrected chi connectivity index (χ0v) is 15.9. The van der Waals surface area contributed by atoms with Crippen LogP contribution >= 0.6 is 0 Å². The number of aromatic nitrogens is 3. The van der Waals surface area contributed by atoms with Crippen LogP contribution in [0, 0.1) is 6.92 Å². The van der Waals surface area contributed by atoms with Gasteiger partial charge in [0.1, 0.15) is 0 Å². The molecule has 0 atom stereocenters. The molecule has 4 aromatic rings. The van der Waals surface area contributed by atoms with Crippen molar-refractivity contribution in [2.75, 3.05) is 0 Å². The molecule has 5 heteroatoms. The number of hydrogen-bond acceptors (Lipinski definition) is 2. The predicted octanol–water partition coefficient (Wildman–Crippen LogP) is 3.42. The molecular formula is C22H23N3O2. The van der Waals surface area contributed by atoms with E-state index in [0.29, 0.717) is 24.0 Å². The van der Waals surface area contributed by atoms with E-state index in [4.69, 9.17) is 0 Å². The van der Waals surface area contributed by atoms with E-state index >= 15 is 0 Å². The average Bonchev–Trinajstić information content (AvgIpc) is 2.99. The van der Waals surface area contributed by atoms with Crippen LogP contribution in [0.2, 0.25) is 0 Å². The van der Waals surface area contributed by atoms with Crippen LogP contribution in [-0.2, 0) is 20.1 Å². The number of para-hydroxylation sites is 1. The minimum Gasteiger partial charge on any atom is -0.350 e. The van der Waals surface area contributed by atoms with Crippen molar-refractivity contribution in [2.45, 2.75) is 33.4 Å². The van der Waals surface area contributed by atoms with E-state index in [1.165, 1.54) is 15.5 Å². The van der Waals surface area contributed by atoms with Crippen LogP contribution in [0.4, 0.5) is 0 Å². The Balaban J connectivity index is 2.01. The first-order valence-electron chi connectivity index (χ1n) is 9.28. The molecule has 5 nitrogen and oxygen atoms in total. The first-order chi connectivity index (χ1) is 13.0. The fourth-order valence-corrected chi connectivity index (χ4v) is 3.97. The Morgan fingerprint density at radius 3 is 2.44 bits per heavy atom. The second-order valence-corrected chi connectivity index (χ2v) is 7.08. The number of aryl methyl sites for hydroxylation is 2. The van der Waals surface area contributed by atoms with E-state index in [-0.39, 0.29) is 11.2 Å². The van der Waals surface area contributed by atoms with Gasteiger partial charge in [-0.2, -0.15) is 0 Å². The first-order valence-corrected chi connectivity index (χ1v) is 9.28. The predicted molar refractivity (Wildman–Crippen MR) is 110 cm³/mol. The molecule has 4 rings (SSSR count). The zero-order valence-electron chi connectivity index (χ0n) is 15.9. The largest absolute Gasteiger partial charge is 0.350 e. The smallest absolute Gasteiger partial charge is 0.331 e. The second kappa shape index (κ2) is 6.58. The second-order valence-electron chi connectivity index (χ2n) is 7.08. The summed E-state index contributed by atoms with van der Waals surface area (Å²) in [5.41, 5.74) is 3.64. The standard InChI is InChI=1S/C22H23N3O2/c1-4-12-24-21(26)17-9-5-6-10-18(17)25(22(24)27)14-16-13-23(3)19-11-7-8-15(2)20(16)19/h5-11,13H,4,12,14H2,1-3H3. The summed E-state index contributed by atoms with van der Waals surface area (Å²) >= 11 is 0. The van der Waals surface area contributed by atoms with Gasteiger partial charge in [-0.25, -0.2) is 4.79 Å². The Morgan fingerprint density at radius 1 is 0.926 bits per heavy atom. The van der Waals surface area contributed by atoms with Gasteiger partial charge < -0.3 is 4.57 Å². The summed E-state index contributed by atoms with van der Waals surface area (Å²) in [6.07, 6.45) is 2.81. The quantitative estimate of drug-likeness (QED) is 0.559. The van der Waals surface area contributed by atoms with Gasteiger partial charge in [0.15, 0.2) is 0 Å². The van der Waals surface area contributed by atoms with Crippen LogP contribution in [0.15, 0.2) is 58.3 Å². The summed E-state index contributed by atoms with van der Waals surface area (Å²) in [6.45, 7) is 4.92. The molecule has 2 aromatic carbocycles. The van der Waals surface area contributed by atoms with Crippen molar-refractivity contribution in [3.05, 3.63) is 80.6 Å². The minimum absolute atomic E-state index is 0.206. The van der Waals surface area contributed by atoms with E-state index in [9.17, 15) is 9.59 Å². The SMILES string of the molecule is CCCn1c(=O)c2ccccc2n(Cc2cn(C)c3cccc(C)c23)c1=O. The van der Waals surface area contributed by atoms with Crippen LogP contribution in [0.1, 0.15) is 24.5 Å². The number of rotatable bonds is 4. The number of nitrogens with zero attached hydrogens (tertiary/aromatic N) is 3. The molecule has 0 saturated carbocycles. The van der Waals surface area contributed by atoms with Gasteiger partial charge in [-0.3, -0.25) is 13.9 Å². The Bertz CT molecular complexity index is 1270. The van der Waals surface area contributed by atoms with Gasteiger partial charge in [0.2, 0.25) is 0 Å². The monoisotopic (exact) mass is 361 g/mol. The lowest BCUT2D eigenvalue weighted by molar-refractivity contribution is 0.581. The van der Waals surface area contributed by atoms with Crippen LogP contribution in [0.5, 0.6) is 0 Å². The van der Waals surface area contributed by atoms with Gasteiger partial charge in [0, 0.05) is 30.7 Å². The molecule has 0 saturated heterocycles. The molecule has 0 aliphatic heterocycles. The molecule has 0 aliphatic rings. The van der Waals surface area contributed by atoms with Crippen LogP contribution < -0.4 is 11.2 Å². The maximum Gasteiger partial charge on any atom is 0.331 e. The van der Waals surface area contributed by atoms with Gasteiger partial charge in [-0.05, 0) is 42.7 Å². The molecule has 0 radical (unpaired) electrons. The lowest BCUT2D eigenvalue weighted by Crippen LogP contribution is -2.40. The summed E-state index contributed by atoms with van der Waals surface area (Å²) in [6, 6.07) is 13.6. The van der Waals surface area contributed by atoms with Gasteiger partial charge >= 0.3 is 5.69 Å². The summed E-state index contributed by atoms with van der Waals surface area (Å²) in [5, 5.41) is 1.76. The molecule has 2 heterocycles. The van der Waals surface area contributed by atoms with Crippen LogP contribution in [0.3, 0.4) is 0 Å². The van der Waals surface area contributed by atoms with Crippen molar-refractivity contribution >= 4 is 21.8 Å². The van der Waals surface area contributed by atoms with Crippen LogP contribution in [0.25, 0.3) is 21.8 Å². The normalized spacial score (nSPS) is 11.5. The van der Waals surface area contributed by atoms with Crippen molar-refractivity contribution in [3.63, 3.8) is 0 Å². The van der Waals surface area contributed by atoms with E-state index in [0.717, 1.165) is 17.5 Å². The third kappa shape index (κ3) is 2.70. The Morgan fingerprint density at radius 2 is 1.67 bits per heavy atom. The van der Waals surface area contributed by atoms with Gasteiger partial charge in [0.05, 0.1) is 17.4 Å². The van der Waals surface area contributed by atoms with Crippen molar-refractivity contribution in [3.8, 4) is 0 Å². The van der Waals surface area contributed by atoms with Crippen molar-refractivity contribution in [1.29, 1.82) is 0 Å². The Hall–Kier alpha value is -3.08. The molecule has 0 fully saturated rings. The number of hydrogen-bond donors (Lipinski definition) is 0. The third-order valence-electron chi connectivity index (χ3n) is 5.21. The molecular weight excluding hydrogens is 338 g/mol. The lowest BCUT2D eigenvalue weighted by atomic mass is 10.1. The van der Waals surface area contributed by atoms with E-state index in [1.807, 2.05) is 38.2 Å². The molecule has 0 aliphatic carbocycles. The third-order valence-corrected chi connectivity index (χ3v) is 5.21. The highest BCUT2D eigenvalue weighted by molar-refractivity contribution is 5.87. The van der Waals surface area contributed by atoms with E-state index in [2.05, 4.69) is 29.8 Å². The summed E-state index contributed by atoms with van der Waals surface area (Å²) in [7, 11) is 2.02. The molecule has 27 heavy (non-hydrogen) atoms. The molecule has 0 spiro atoms. The fraction of sp³-hybridized carbons (Fsp3) is 0.273. The Kier molecular flexibility index (Phi) is 4.22. The Labute approximate surface area is 157 Å². The first kappa shape index (κ1) is 17.3. The van der Waals surface area contributed by atoms with E-state index < -0.39 is 0 Å². The lowest BCUT2D eigenvalue weighted by Gasteiger charge is -2.13. The van der Waals surface area contributed by atoms with Crippen molar-refractivity contribution in [1.82, 2.24) is 13.7 Å². The molecule has 2 aromatic heterocycles. The highest BCUT2D eigenvalue weighted by Crippen LogP contribution is 2.25. The van der Waals surface area contributed by atoms with Gasteiger partial charge in [0.25, 0.3) is 5.56 Å².